The first kappa shape index (κ1) is 13.0. The lowest BCUT2D eigenvalue weighted by Crippen LogP contribution is -2.41. The summed E-state index contributed by atoms with van der Waals surface area (Å²) in [5.74, 6) is 0.103. The highest BCUT2D eigenvalue weighted by atomic mass is 16.3. The second-order valence-electron chi connectivity index (χ2n) is 4.67. The van der Waals surface area contributed by atoms with Gasteiger partial charge in [0.05, 0.1) is 19.3 Å². The van der Waals surface area contributed by atoms with Crippen LogP contribution in [0.3, 0.4) is 0 Å². The van der Waals surface area contributed by atoms with Gasteiger partial charge in [-0.1, -0.05) is 18.1 Å². The Morgan fingerprint density at radius 2 is 2.22 bits per heavy atom. The minimum atomic E-state index is 0.0333. The van der Waals surface area contributed by atoms with Crippen LogP contribution in [0.15, 0.2) is 12.4 Å². The summed E-state index contributed by atoms with van der Waals surface area (Å²) in [6.07, 6.45) is 8.27. The van der Waals surface area contributed by atoms with Crippen LogP contribution in [0, 0.1) is 0 Å². The quantitative estimate of drug-likeness (QED) is 0.797. The summed E-state index contributed by atoms with van der Waals surface area (Å²) in [5, 5.41) is 16.6. The number of aliphatic hydroxyl groups excluding tert-OH is 1. The molecule has 1 amide bonds. The average molecular weight is 252 g/mol. The van der Waals surface area contributed by atoms with Gasteiger partial charge in [0.25, 0.3) is 0 Å². The minimum Gasteiger partial charge on any atom is -0.395 e. The lowest BCUT2D eigenvalue weighted by Gasteiger charge is -2.28. The van der Waals surface area contributed by atoms with Gasteiger partial charge >= 0.3 is 0 Å². The molecule has 6 heteroatoms. The molecule has 0 spiro atoms. The fourth-order valence-electron chi connectivity index (χ4n) is 2.54. The van der Waals surface area contributed by atoms with Crippen LogP contribution in [0.4, 0.5) is 0 Å². The summed E-state index contributed by atoms with van der Waals surface area (Å²) in [4.78, 5) is 14.0. The molecule has 1 aromatic heterocycles. The van der Waals surface area contributed by atoms with E-state index in [2.05, 4.69) is 10.3 Å². The molecule has 100 valence electrons. The Bertz CT molecular complexity index is 360. The molecule has 1 aromatic rings. The van der Waals surface area contributed by atoms with E-state index >= 15 is 0 Å². The van der Waals surface area contributed by atoms with Crippen molar-refractivity contribution in [2.75, 3.05) is 13.2 Å². The van der Waals surface area contributed by atoms with Crippen molar-refractivity contribution in [1.82, 2.24) is 19.9 Å². The van der Waals surface area contributed by atoms with Gasteiger partial charge in [-0.25, -0.2) is 0 Å². The first-order valence-electron chi connectivity index (χ1n) is 6.55. The number of nitrogens with zero attached hydrogens (tertiary/aromatic N) is 4. The summed E-state index contributed by atoms with van der Waals surface area (Å²) < 4.78 is 1.66. The molecular weight excluding hydrogens is 232 g/mol. The molecule has 0 aromatic carbocycles. The van der Waals surface area contributed by atoms with Gasteiger partial charge in [-0.3, -0.25) is 9.48 Å². The van der Waals surface area contributed by atoms with Crippen molar-refractivity contribution in [2.24, 2.45) is 0 Å². The zero-order valence-electron chi connectivity index (χ0n) is 10.5. The SMILES string of the molecule is O=C(CCn1ccnn1)N(CCO)C1CCCC1. The third kappa shape index (κ3) is 3.29. The summed E-state index contributed by atoms with van der Waals surface area (Å²) >= 11 is 0. The van der Waals surface area contributed by atoms with Gasteiger partial charge in [0.2, 0.25) is 5.91 Å². The van der Waals surface area contributed by atoms with Crippen LogP contribution >= 0.6 is 0 Å². The van der Waals surface area contributed by atoms with Crippen molar-refractivity contribution >= 4 is 5.91 Å². The number of carbonyl (C=O) groups is 1. The lowest BCUT2D eigenvalue weighted by atomic mass is 10.2. The smallest absolute Gasteiger partial charge is 0.224 e. The average Bonchev–Trinajstić information content (AvgIpc) is 3.05. The first-order valence-corrected chi connectivity index (χ1v) is 6.55. The van der Waals surface area contributed by atoms with Crippen LogP contribution < -0.4 is 0 Å². The zero-order valence-corrected chi connectivity index (χ0v) is 10.5. The summed E-state index contributed by atoms with van der Waals surface area (Å²) in [7, 11) is 0. The normalized spacial score (nSPS) is 16.1. The number of aryl methyl sites for hydroxylation is 1. The molecule has 1 aliphatic carbocycles. The monoisotopic (exact) mass is 252 g/mol. The van der Waals surface area contributed by atoms with Crippen LogP contribution in [0.5, 0.6) is 0 Å². The van der Waals surface area contributed by atoms with Crippen molar-refractivity contribution in [3.8, 4) is 0 Å². The highest BCUT2D eigenvalue weighted by molar-refractivity contribution is 5.76. The van der Waals surface area contributed by atoms with Crippen molar-refractivity contribution < 1.29 is 9.90 Å². The molecule has 1 heterocycles. The maximum absolute atomic E-state index is 12.2. The van der Waals surface area contributed by atoms with E-state index in [4.69, 9.17) is 5.11 Å². The van der Waals surface area contributed by atoms with Gasteiger partial charge < -0.3 is 10.0 Å². The summed E-state index contributed by atoms with van der Waals surface area (Å²) in [5.41, 5.74) is 0. The van der Waals surface area contributed by atoms with Gasteiger partial charge in [-0.05, 0) is 12.8 Å². The molecule has 1 fully saturated rings. The van der Waals surface area contributed by atoms with Crippen molar-refractivity contribution in [3.05, 3.63) is 12.4 Å². The fraction of sp³-hybridized carbons (Fsp3) is 0.750. The van der Waals surface area contributed by atoms with Crippen molar-refractivity contribution in [2.45, 2.75) is 44.7 Å². The van der Waals surface area contributed by atoms with Crippen molar-refractivity contribution in [1.29, 1.82) is 0 Å². The Morgan fingerprint density at radius 1 is 1.44 bits per heavy atom. The molecule has 18 heavy (non-hydrogen) atoms. The van der Waals surface area contributed by atoms with E-state index in [1.54, 1.807) is 17.1 Å². The molecule has 0 saturated heterocycles. The Balaban J connectivity index is 1.86. The molecule has 6 nitrogen and oxygen atoms in total. The van der Waals surface area contributed by atoms with E-state index in [0.717, 1.165) is 12.8 Å². The number of aliphatic hydroxyl groups is 1. The molecule has 0 unspecified atom stereocenters. The topological polar surface area (TPSA) is 71.2 Å². The minimum absolute atomic E-state index is 0.0333. The maximum atomic E-state index is 12.2. The lowest BCUT2D eigenvalue weighted by molar-refractivity contribution is -0.134. The fourth-order valence-corrected chi connectivity index (χ4v) is 2.54. The number of aromatic nitrogens is 3. The number of carbonyl (C=O) groups excluding carboxylic acids is 1. The molecule has 2 rings (SSSR count). The zero-order chi connectivity index (χ0) is 12.8. The Labute approximate surface area is 107 Å². The first-order chi connectivity index (χ1) is 8.81. The van der Waals surface area contributed by atoms with Crippen LogP contribution in [0.2, 0.25) is 0 Å². The molecule has 0 aliphatic heterocycles. The Hall–Kier alpha value is -1.43. The number of amides is 1. The molecule has 1 aliphatic rings. The highest BCUT2D eigenvalue weighted by Crippen LogP contribution is 2.23. The van der Waals surface area contributed by atoms with Crippen molar-refractivity contribution in [3.63, 3.8) is 0 Å². The van der Waals surface area contributed by atoms with Crippen LogP contribution in [-0.4, -0.2) is 50.1 Å². The van der Waals surface area contributed by atoms with E-state index in [1.165, 1.54) is 12.8 Å². The molecule has 1 N–H and O–H groups in total. The maximum Gasteiger partial charge on any atom is 0.224 e. The van der Waals surface area contributed by atoms with Crippen LogP contribution in [0.25, 0.3) is 0 Å². The van der Waals surface area contributed by atoms with Gasteiger partial charge in [0.15, 0.2) is 0 Å². The largest absolute Gasteiger partial charge is 0.395 e. The Kier molecular flexibility index (Phi) is 4.69. The third-order valence-corrected chi connectivity index (χ3v) is 3.45. The second-order valence-corrected chi connectivity index (χ2v) is 4.67. The second kappa shape index (κ2) is 6.49. The molecule has 0 radical (unpaired) electrons. The third-order valence-electron chi connectivity index (χ3n) is 3.45. The molecule has 0 atom stereocenters. The van der Waals surface area contributed by atoms with Gasteiger partial charge in [0, 0.05) is 25.2 Å². The number of rotatable bonds is 6. The summed E-state index contributed by atoms with van der Waals surface area (Å²) in [6, 6.07) is 0.320. The highest BCUT2D eigenvalue weighted by Gasteiger charge is 2.25. The number of hydrogen-bond donors (Lipinski definition) is 1. The van der Waals surface area contributed by atoms with Crippen LogP contribution in [-0.2, 0) is 11.3 Å². The van der Waals surface area contributed by atoms with E-state index in [0.29, 0.717) is 25.6 Å². The predicted octanol–water partition coefficient (Wildman–Crippen LogP) is 0.432. The molecule has 1 saturated carbocycles. The predicted molar refractivity (Wildman–Crippen MR) is 65.7 cm³/mol. The Morgan fingerprint density at radius 3 is 2.83 bits per heavy atom. The van der Waals surface area contributed by atoms with E-state index in [-0.39, 0.29) is 12.5 Å². The van der Waals surface area contributed by atoms with Gasteiger partial charge in [-0.2, -0.15) is 0 Å². The molecule has 0 bridgehead atoms. The number of hydrogen-bond acceptors (Lipinski definition) is 4. The van der Waals surface area contributed by atoms with Gasteiger partial charge in [0.1, 0.15) is 0 Å². The van der Waals surface area contributed by atoms with Crippen LogP contribution in [0.1, 0.15) is 32.1 Å². The standard InChI is InChI=1S/C12H20N4O2/c17-10-9-16(11-3-1-2-4-11)12(18)5-7-15-8-6-13-14-15/h6,8,11,17H,1-5,7,9-10H2. The van der Waals surface area contributed by atoms with Gasteiger partial charge in [-0.15, -0.1) is 5.10 Å². The van der Waals surface area contributed by atoms with E-state index in [1.807, 2.05) is 4.90 Å². The summed E-state index contributed by atoms with van der Waals surface area (Å²) in [6.45, 7) is 1.03. The van der Waals surface area contributed by atoms with E-state index in [9.17, 15) is 4.79 Å². The molecular formula is C12H20N4O2. The van der Waals surface area contributed by atoms with E-state index < -0.39 is 0 Å².